The van der Waals surface area contributed by atoms with Crippen LogP contribution in [0, 0.1) is 10.1 Å². The van der Waals surface area contributed by atoms with E-state index in [0.29, 0.717) is 11.3 Å². The molecule has 1 aromatic heterocycles. The molecule has 0 saturated carbocycles. The van der Waals surface area contributed by atoms with Crippen molar-refractivity contribution in [2.75, 3.05) is 5.32 Å². The fraction of sp³-hybridized carbons (Fsp3) is 0.0526. The molecule has 2 N–H and O–H groups in total. The molecule has 0 spiro atoms. The average molecular weight is 418 g/mol. The zero-order valence-electron chi connectivity index (χ0n) is 15.0. The minimum Gasteiger partial charge on any atom is -0.455 e. The van der Waals surface area contributed by atoms with Gasteiger partial charge in [-0.15, -0.1) is 0 Å². The van der Waals surface area contributed by atoms with Crippen LogP contribution in [-0.4, -0.2) is 17.2 Å². The van der Waals surface area contributed by atoms with Gasteiger partial charge in [0.15, 0.2) is 0 Å². The fourth-order valence-corrected chi connectivity index (χ4v) is 2.47. The molecule has 0 fully saturated rings. The number of alkyl halides is 3. The lowest BCUT2D eigenvalue weighted by Crippen LogP contribution is -2.25. The number of nitrogens with one attached hydrogen (secondary N) is 2. The number of nitrogens with zero attached hydrogens (tertiary/aromatic N) is 2. The van der Waals surface area contributed by atoms with Gasteiger partial charge in [-0.25, -0.2) is 10.2 Å². The number of anilines is 1. The number of carbonyl (C=O) groups excluding carboxylic acids is 1. The van der Waals surface area contributed by atoms with Crippen LogP contribution in [0.1, 0.15) is 11.3 Å². The van der Waals surface area contributed by atoms with Gasteiger partial charge in [-0.05, 0) is 36.4 Å². The third kappa shape index (κ3) is 5.01. The molecular weight excluding hydrogens is 405 g/mol. The maximum absolute atomic E-state index is 12.9. The Hall–Kier alpha value is -4.15. The third-order valence-corrected chi connectivity index (χ3v) is 3.83. The van der Waals surface area contributed by atoms with Crippen molar-refractivity contribution in [2.45, 2.75) is 6.18 Å². The van der Waals surface area contributed by atoms with E-state index in [9.17, 15) is 28.1 Å². The highest BCUT2D eigenvalue weighted by Gasteiger charge is 2.33. The molecule has 0 atom stereocenters. The number of amides is 2. The number of hydrogen-bond donors (Lipinski definition) is 2. The number of nitro groups is 1. The number of carbonyl (C=O) groups is 1. The summed E-state index contributed by atoms with van der Waals surface area (Å²) in [5.41, 5.74) is 1.19. The Morgan fingerprint density at radius 1 is 1.07 bits per heavy atom. The average Bonchev–Trinajstić information content (AvgIpc) is 3.16. The molecule has 0 unspecified atom stereocenters. The van der Waals surface area contributed by atoms with E-state index in [1.54, 1.807) is 12.1 Å². The second kappa shape index (κ2) is 8.47. The lowest BCUT2D eigenvalue weighted by atomic mass is 10.1. The van der Waals surface area contributed by atoms with Crippen LogP contribution >= 0.6 is 0 Å². The predicted molar refractivity (Wildman–Crippen MR) is 102 cm³/mol. The maximum Gasteiger partial charge on any atom is 0.418 e. The summed E-state index contributed by atoms with van der Waals surface area (Å²) >= 11 is 0. The predicted octanol–water partition coefficient (Wildman–Crippen LogP) is 5.03. The van der Waals surface area contributed by atoms with Crippen LogP contribution < -0.4 is 10.7 Å². The van der Waals surface area contributed by atoms with Gasteiger partial charge in [-0.3, -0.25) is 10.1 Å². The van der Waals surface area contributed by atoms with Gasteiger partial charge in [0, 0.05) is 17.7 Å². The SMILES string of the molecule is O=C(N/N=C/c1ccc(-c2ccc([N+](=O)[O-])cc2)o1)Nc1ccccc1C(F)(F)F. The minimum absolute atomic E-state index is 0.0607. The van der Waals surface area contributed by atoms with Crippen LogP contribution in [-0.2, 0) is 6.18 Å². The van der Waals surface area contributed by atoms with Crippen molar-refractivity contribution in [3.8, 4) is 11.3 Å². The van der Waals surface area contributed by atoms with E-state index < -0.39 is 28.4 Å². The summed E-state index contributed by atoms with van der Waals surface area (Å²) in [6.45, 7) is 0. The maximum atomic E-state index is 12.9. The van der Waals surface area contributed by atoms with Crippen molar-refractivity contribution in [1.29, 1.82) is 0 Å². The lowest BCUT2D eigenvalue weighted by Gasteiger charge is -2.12. The Morgan fingerprint density at radius 2 is 1.77 bits per heavy atom. The normalized spacial score (nSPS) is 11.4. The van der Waals surface area contributed by atoms with Crippen LogP contribution in [0.3, 0.4) is 0 Å². The quantitative estimate of drug-likeness (QED) is 0.344. The van der Waals surface area contributed by atoms with Crippen molar-refractivity contribution in [1.82, 2.24) is 5.43 Å². The second-order valence-corrected chi connectivity index (χ2v) is 5.87. The number of halogens is 3. The first-order chi connectivity index (χ1) is 14.2. The molecule has 0 aliphatic carbocycles. The summed E-state index contributed by atoms with van der Waals surface area (Å²) in [4.78, 5) is 22.0. The number of benzene rings is 2. The van der Waals surface area contributed by atoms with Gasteiger partial charge in [-0.2, -0.15) is 18.3 Å². The van der Waals surface area contributed by atoms with E-state index in [1.807, 2.05) is 5.43 Å². The van der Waals surface area contributed by atoms with Crippen molar-refractivity contribution >= 4 is 23.6 Å². The van der Waals surface area contributed by atoms with Crippen molar-refractivity contribution in [3.05, 3.63) is 82.1 Å². The summed E-state index contributed by atoms with van der Waals surface area (Å²) in [5.74, 6) is 0.661. The van der Waals surface area contributed by atoms with Gasteiger partial charge in [0.1, 0.15) is 11.5 Å². The van der Waals surface area contributed by atoms with Crippen LogP contribution in [0.25, 0.3) is 11.3 Å². The highest BCUT2D eigenvalue weighted by Crippen LogP contribution is 2.34. The second-order valence-electron chi connectivity index (χ2n) is 5.87. The van der Waals surface area contributed by atoms with E-state index in [0.717, 1.165) is 18.3 Å². The number of rotatable bonds is 5. The minimum atomic E-state index is -4.62. The highest BCUT2D eigenvalue weighted by molar-refractivity contribution is 5.91. The molecule has 11 heteroatoms. The Kier molecular flexibility index (Phi) is 5.81. The van der Waals surface area contributed by atoms with Crippen molar-refractivity contribution in [2.24, 2.45) is 5.10 Å². The lowest BCUT2D eigenvalue weighted by molar-refractivity contribution is -0.384. The van der Waals surface area contributed by atoms with Gasteiger partial charge in [0.25, 0.3) is 5.69 Å². The smallest absolute Gasteiger partial charge is 0.418 e. The third-order valence-electron chi connectivity index (χ3n) is 3.83. The molecule has 2 amide bonds. The molecule has 0 aliphatic rings. The molecule has 8 nitrogen and oxygen atoms in total. The number of hydrazone groups is 1. The Labute approximate surface area is 167 Å². The van der Waals surface area contributed by atoms with E-state index in [-0.39, 0.29) is 11.4 Å². The zero-order chi connectivity index (χ0) is 21.7. The largest absolute Gasteiger partial charge is 0.455 e. The molecule has 3 rings (SSSR count). The van der Waals surface area contributed by atoms with Crippen LogP contribution in [0.5, 0.6) is 0 Å². The Bertz CT molecular complexity index is 1090. The molecule has 0 bridgehead atoms. The van der Waals surface area contributed by atoms with Gasteiger partial charge >= 0.3 is 12.2 Å². The standard InChI is InChI=1S/C19H13F3N4O4/c20-19(21,22)15-3-1-2-4-16(15)24-18(27)25-23-11-14-9-10-17(30-14)12-5-7-13(8-6-12)26(28)29/h1-11H,(H2,24,25,27)/b23-11+. The van der Waals surface area contributed by atoms with Crippen LogP contribution in [0.2, 0.25) is 0 Å². The molecule has 30 heavy (non-hydrogen) atoms. The van der Waals surface area contributed by atoms with Crippen molar-refractivity contribution in [3.63, 3.8) is 0 Å². The molecule has 1 heterocycles. The first-order valence-electron chi connectivity index (χ1n) is 8.35. The zero-order valence-corrected chi connectivity index (χ0v) is 15.0. The highest BCUT2D eigenvalue weighted by atomic mass is 19.4. The first kappa shape index (κ1) is 20.6. The molecule has 3 aromatic rings. The number of para-hydroxylation sites is 1. The molecule has 0 radical (unpaired) electrons. The van der Waals surface area contributed by atoms with E-state index in [4.69, 9.17) is 4.42 Å². The summed E-state index contributed by atoms with van der Waals surface area (Å²) in [5, 5.41) is 16.4. The van der Waals surface area contributed by atoms with Gasteiger partial charge in [0.05, 0.1) is 22.4 Å². The van der Waals surface area contributed by atoms with Gasteiger partial charge < -0.3 is 9.73 Å². The summed E-state index contributed by atoms with van der Waals surface area (Å²) in [7, 11) is 0. The molecular formula is C19H13F3N4O4. The number of furan rings is 1. The van der Waals surface area contributed by atoms with Crippen molar-refractivity contribution < 1.29 is 27.3 Å². The Morgan fingerprint density at radius 3 is 2.43 bits per heavy atom. The van der Waals surface area contributed by atoms with Crippen LogP contribution in [0.15, 0.2) is 70.2 Å². The van der Waals surface area contributed by atoms with Gasteiger partial charge in [0.2, 0.25) is 0 Å². The van der Waals surface area contributed by atoms with Crippen LogP contribution in [0.4, 0.5) is 29.3 Å². The number of urea groups is 1. The first-order valence-corrected chi connectivity index (χ1v) is 8.35. The van der Waals surface area contributed by atoms with E-state index in [2.05, 4.69) is 10.4 Å². The monoisotopic (exact) mass is 418 g/mol. The summed E-state index contributed by atoms with van der Waals surface area (Å²) < 4.78 is 44.3. The summed E-state index contributed by atoms with van der Waals surface area (Å²) in [6, 6.07) is 12.4. The molecule has 0 saturated heterocycles. The fourth-order valence-electron chi connectivity index (χ4n) is 2.47. The topological polar surface area (TPSA) is 110 Å². The van der Waals surface area contributed by atoms with E-state index in [1.165, 1.54) is 36.4 Å². The molecule has 2 aromatic carbocycles. The van der Waals surface area contributed by atoms with E-state index >= 15 is 0 Å². The molecule has 0 aliphatic heterocycles. The number of non-ortho nitro benzene ring substituents is 1. The van der Waals surface area contributed by atoms with Gasteiger partial charge in [-0.1, -0.05) is 12.1 Å². The molecule has 154 valence electrons. The Balaban J connectivity index is 1.61. The number of nitro benzene ring substituents is 1. The number of hydrogen-bond acceptors (Lipinski definition) is 5. The summed E-state index contributed by atoms with van der Waals surface area (Å²) in [6.07, 6.45) is -3.46.